The number of ether oxygens (including phenoxy) is 1. The van der Waals surface area contributed by atoms with E-state index < -0.39 is 10.8 Å². The Morgan fingerprint density at radius 3 is 2.24 bits per heavy atom. The largest absolute Gasteiger partial charge is 0.457 e. The molecule has 0 aliphatic heterocycles. The molecule has 0 aliphatic carbocycles. The molecule has 5 heteroatoms. The lowest BCUT2D eigenvalue weighted by Crippen LogP contribution is -2.05. The van der Waals surface area contributed by atoms with Gasteiger partial charge in [-0.2, -0.15) is 0 Å². The van der Waals surface area contributed by atoms with E-state index in [0.717, 1.165) is 5.56 Å². The molecule has 0 saturated carbocycles. The number of rotatable bonds is 5. The summed E-state index contributed by atoms with van der Waals surface area (Å²) < 4.78 is 16.5. The summed E-state index contributed by atoms with van der Waals surface area (Å²) in [5.74, 6) is -0.377. The first kappa shape index (κ1) is 15.8. The van der Waals surface area contributed by atoms with Gasteiger partial charge in [-0.05, 0) is 48.2 Å². The van der Waals surface area contributed by atoms with Crippen LogP contribution in [-0.4, -0.2) is 22.7 Å². The molecule has 0 radical (unpaired) electrons. The Labute approximate surface area is 131 Å². The normalized spacial score (nSPS) is 11.9. The van der Waals surface area contributed by atoms with E-state index in [1.807, 2.05) is 30.5 Å². The molecule has 3 nitrogen and oxygen atoms in total. The van der Waals surface area contributed by atoms with E-state index in [1.54, 1.807) is 42.3 Å². The lowest BCUT2D eigenvalue weighted by molar-refractivity contribution is 0.0472. The molecule has 0 saturated heterocycles. The van der Waals surface area contributed by atoms with Crippen LogP contribution in [0.15, 0.2) is 58.3 Å². The zero-order valence-electron chi connectivity index (χ0n) is 11.9. The van der Waals surface area contributed by atoms with E-state index in [-0.39, 0.29) is 12.6 Å². The Bertz CT molecular complexity index is 634. The maximum absolute atomic E-state index is 11.9. The SMILES string of the molecule is CSc1ccc(COC(=O)c2ccc(S(C)=O)cc2)cc1. The molecule has 0 heterocycles. The minimum absolute atomic E-state index is 0.245. The molecule has 2 rings (SSSR count). The van der Waals surface area contributed by atoms with Crippen LogP contribution in [-0.2, 0) is 22.1 Å². The smallest absolute Gasteiger partial charge is 0.338 e. The number of hydrogen-bond donors (Lipinski definition) is 0. The second kappa shape index (κ2) is 7.43. The second-order valence-electron chi connectivity index (χ2n) is 4.40. The lowest BCUT2D eigenvalue weighted by atomic mass is 10.2. The van der Waals surface area contributed by atoms with Crippen molar-refractivity contribution in [2.45, 2.75) is 16.4 Å². The summed E-state index contributed by atoms with van der Waals surface area (Å²) in [5.41, 5.74) is 1.41. The fraction of sp³-hybridized carbons (Fsp3) is 0.188. The topological polar surface area (TPSA) is 43.4 Å². The third kappa shape index (κ3) is 4.44. The van der Waals surface area contributed by atoms with Gasteiger partial charge in [0.05, 0.1) is 5.56 Å². The van der Waals surface area contributed by atoms with E-state index in [4.69, 9.17) is 4.74 Å². The number of carbonyl (C=O) groups excluding carboxylic acids is 1. The van der Waals surface area contributed by atoms with Crippen LogP contribution in [0.5, 0.6) is 0 Å². The van der Waals surface area contributed by atoms with Crippen molar-refractivity contribution in [2.24, 2.45) is 0 Å². The van der Waals surface area contributed by atoms with Crippen LogP contribution in [0.1, 0.15) is 15.9 Å². The fourth-order valence-electron chi connectivity index (χ4n) is 1.74. The quantitative estimate of drug-likeness (QED) is 0.625. The van der Waals surface area contributed by atoms with Crippen LogP contribution in [0.4, 0.5) is 0 Å². The van der Waals surface area contributed by atoms with Gasteiger partial charge in [-0.15, -0.1) is 11.8 Å². The minimum Gasteiger partial charge on any atom is -0.457 e. The molecule has 0 amide bonds. The van der Waals surface area contributed by atoms with Gasteiger partial charge < -0.3 is 4.74 Å². The first-order valence-electron chi connectivity index (χ1n) is 6.33. The number of carbonyl (C=O) groups is 1. The van der Waals surface area contributed by atoms with Crippen LogP contribution in [0, 0.1) is 0 Å². The highest BCUT2D eigenvalue weighted by atomic mass is 32.2. The maximum Gasteiger partial charge on any atom is 0.338 e. The first-order valence-corrected chi connectivity index (χ1v) is 9.12. The fourth-order valence-corrected chi connectivity index (χ4v) is 2.66. The molecule has 110 valence electrons. The molecule has 0 spiro atoms. The minimum atomic E-state index is -1.04. The van der Waals surface area contributed by atoms with Crippen molar-refractivity contribution in [3.8, 4) is 0 Å². The highest BCUT2D eigenvalue weighted by Crippen LogP contribution is 2.16. The van der Waals surface area contributed by atoms with Crippen LogP contribution in [0.2, 0.25) is 0 Å². The molecule has 0 aromatic heterocycles. The molecule has 1 atom stereocenters. The van der Waals surface area contributed by atoms with Crippen molar-refractivity contribution in [3.05, 3.63) is 59.7 Å². The molecule has 0 aliphatic rings. The van der Waals surface area contributed by atoms with E-state index in [0.29, 0.717) is 10.5 Å². The first-order chi connectivity index (χ1) is 10.1. The third-order valence-electron chi connectivity index (χ3n) is 2.95. The molecule has 0 N–H and O–H groups in total. The summed E-state index contributed by atoms with van der Waals surface area (Å²) in [5, 5.41) is 0. The predicted molar refractivity (Wildman–Crippen MR) is 86.1 cm³/mol. The van der Waals surface area contributed by atoms with Gasteiger partial charge in [0, 0.05) is 26.8 Å². The average molecular weight is 320 g/mol. The zero-order chi connectivity index (χ0) is 15.2. The van der Waals surface area contributed by atoms with E-state index in [2.05, 4.69) is 0 Å². The number of esters is 1. The molecule has 0 fully saturated rings. The third-order valence-corrected chi connectivity index (χ3v) is 4.63. The van der Waals surface area contributed by atoms with Crippen LogP contribution in [0.25, 0.3) is 0 Å². The Hall–Kier alpha value is -1.59. The monoisotopic (exact) mass is 320 g/mol. The van der Waals surface area contributed by atoms with E-state index >= 15 is 0 Å². The van der Waals surface area contributed by atoms with Gasteiger partial charge in [0.2, 0.25) is 0 Å². The highest BCUT2D eigenvalue weighted by Gasteiger charge is 2.08. The molecule has 0 bridgehead atoms. The number of thioether (sulfide) groups is 1. The standard InChI is InChI=1S/C16H16O3S2/c1-20-14-7-3-12(4-8-14)11-19-16(17)13-5-9-15(10-6-13)21(2)18/h3-10H,11H2,1-2H3. The summed E-state index contributed by atoms with van der Waals surface area (Å²) in [6.45, 7) is 0.245. The summed E-state index contributed by atoms with van der Waals surface area (Å²) in [6, 6.07) is 14.5. The van der Waals surface area contributed by atoms with Crippen molar-refractivity contribution < 1.29 is 13.7 Å². The van der Waals surface area contributed by atoms with Gasteiger partial charge >= 0.3 is 5.97 Å². The van der Waals surface area contributed by atoms with Gasteiger partial charge in [-0.1, -0.05) is 12.1 Å². The molecule has 2 aromatic rings. The second-order valence-corrected chi connectivity index (χ2v) is 6.66. The Balaban J connectivity index is 1.95. The molecular formula is C16H16O3S2. The number of benzene rings is 2. The Morgan fingerprint density at radius 2 is 1.71 bits per heavy atom. The van der Waals surface area contributed by atoms with Gasteiger partial charge in [-0.25, -0.2) is 4.79 Å². The van der Waals surface area contributed by atoms with E-state index in [9.17, 15) is 9.00 Å². The van der Waals surface area contributed by atoms with Crippen molar-refractivity contribution in [1.82, 2.24) is 0 Å². The summed E-state index contributed by atoms with van der Waals surface area (Å²) >= 11 is 1.67. The van der Waals surface area contributed by atoms with Gasteiger partial charge in [-0.3, -0.25) is 4.21 Å². The maximum atomic E-state index is 11.9. The average Bonchev–Trinajstić information content (AvgIpc) is 2.53. The van der Waals surface area contributed by atoms with Gasteiger partial charge in [0.25, 0.3) is 0 Å². The summed E-state index contributed by atoms with van der Waals surface area (Å²) in [6.07, 6.45) is 3.62. The lowest BCUT2D eigenvalue weighted by Gasteiger charge is -2.06. The van der Waals surface area contributed by atoms with Crippen LogP contribution >= 0.6 is 11.8 Å². The molecule has 2 aromatic carbocycles. The van der Waals surface area contributed by atoms with Crippen molar-refractivity contribution in [2.75, 3.05) is 12.5 Å². The zero-order valence-corrected chi connectivity index (χ0v) is 13.5. The molecule has 21 heavy (non-hydrogen) atoms. The molecule has 1 unspecified atom stereocenters. The van der Waals surface area contributed by atoms with Crippen molar-refractivity contribution in [3.63, 3.8) is 0 Å². The van der Waals surface area contributed by atoms with Crippen LogP contribution < -0.4 is 0 Å². The van der Waals surface area contributed by atoms with Crippen molar-refractivity contribution >= 4 is 28.5 Å². The Kier molecular flexibility index (Phi) is 5.59. The Morgan fingerprint density at radius 1 is 1.10 bits per heavy atom. The van der Waals surface area contributed by atoms with Crippen molar-refractivity contribution in [1.29, 1.82) is 0 Å². The molecular weight excluding hydrogens is 304 g/mol. The van der Waals surface area contributed by atoms with E-state index in [1.165, 1.54) is 4.90 Å². The summed E-state index contributed by atoms with van der Waals surface area (Å²) in [4.78, 5) is 13.8. The van der Waals surface area contributed by atoms with Gasteiger partial charge in [0.1, 0.15) is 6.61 Å². The predicted octanol–water partition coefficient (Wildman–Crippen LogP) is 3.50. The highest BCUT2D eigenvalue weighted by molar-refractivity contribution is 7.98. The number of hydrogen-bond acceptors (Lipinski definition) is 4. The van der Waals surface area contributed by atoms with Crippen LogP contribution in [0.3, 0.4) is 0 Å². The summed E-state index contributed by atoms with van der Waals surface area (Å²) in [7, 11) is -1.04. The van der Waals surface area contributed by atoms with Gasteiger partial charge in [0.15, 0.2) is 0 Å².